The molecule has 134 valence electrons. The number of nitrogens with one attached hydrogen (secondary N) is 1. The summed E-state index contributed by atoms with van der Waals surface area (Å²) in [6.07, 6.45) is 18.0. The number of carbonyl (C=O) groups excluding carboxylic acids is 2. The molecule has 0 bridgehead atoms. The van der Waals surface area contributed by atoms with Gasteiger partial charge < -0.3 is 15.2 Å². The Morgan fingerprint density at radius 1 is 0.917 bits per heavy atom. The van der Waals surface area contributed by atoms with Gasteiger partial charge in [-0.3, -0.25) is 4.79 Å². The topological polar surface area (TPSA) is 69.2 Å². The van der Waals surface area contributed by atoms with E-state index in [1.807, 2.05) is 0 Å². The number of aliphatic carboxylic acids is 1. The maximum atomic E-state index is 11.4. The van der Waals surface area contributed by atoms with Crippen LogP contribution in [0.5, 0.6) is 0 Å². The molecule has 0 aromatic carbocycles. The van der Waals surface area contributed by atoms with E-state index >= 15 is 0 Å². The number of rotatable bonds is 15. The van der Waals surface area contributed by atoms with Crippen molar-refractivity contribution in [3.8, 4) is 0 Å². The zero-order chi connectivity index (χ0) is 17.3. The van der Waals surface area contributed by atoms with E-state index in [1.165, 1.54) is 51.9 Å². The first-order valence-corrected chi connectivity index (χ1v) is 9.23. The molecule has 1 atom stereocenters. The van der Waals surface area contributed by atoms with Crippen LogP contribution in [0.3, 0.4) is 0 Å². The van der Waals surface area contributed by atoms with Crippen molar-refractivity contribution in [2.45, 2.75) is 96.9 Å². The number of carbonyl (C=O) groups is 2. The summed E-state index contributed by atoms with van der Waals surface area (Å²) in [5.41, 5.74) is 0. The molecule has 0 aromatic rings. The fraction of sp³-hybridized carbons (Fsp3) is 0.789. The fourth-order valence-electron chi connectivity index (χ4n) is 2.38. The summed E-state index contributed by atoms with van der Waals surface area (Å²) in [6.45, 7) is 3.65. The van der Waals surface area contributed by atoms with Gasteiger partial charge >= 0.3 is 29.6 Å². The van der Waals surface area contributed by atoms with Crippen LogP contribution in [0.1, 0.15) is 90.9 Å². The number of hydrogen-bond donors (Lipinski definition) is 1. The van der Waals surface area contributed by atoms with E-state index in [-0.39, 0.29) is 35.5 Å². The molecule has 1 N–H and O–H groups in total. The molecule has 24 heavy (non-hydrogen) atoms. The molecule has 0 saturated carbocycles. The molecule has 0 aliphatic rings. The standard InChI is InChI=1S/C19H35NO3.Na/c1-3-4-5-6-7-8-9-10-11-12-13-14-15-16-18(21)20-17(2)19(22)23;/h8-9,17H,3-7,10-16H2,1-2H3,(H,20,21)(H,22,23);/q;+1/p-1/b9-8-;/t17-;/m0./s1. The van der Waals surface area contributed by atoms with Crippen molar-refractivity contribution < 1.29 is 44.3 Å². The third-order valence-electron chi connectivity index (χ3n) is 3.90. The number of carboxylic acids is 1. The molecule has 0 unspecified atom stereocenters. The summed E-state index contributed by atoms with van der Waals surface area (Å²) in [4.78, 5) is 21.9. The van der Waals surface area contributed by atoms with Crippen LogP contribution in [0.15, 0.2) is 12.2 Å². The van der Waals surface area contributed by atoms with E-state index in [9.17, 15) is 14.7 Å². The van der Waals surface area contributed by atoms with E-state index in [4.69, 9.17) is 0 Å². The van der Waals surface area contributed by atoms with Gasteiger partial charge in [-0.1, -0.05) is 57.6 Å². The number of amides is 1. The molecule has 5 heteroatoms. The molecule has 0 rings (SSSR count). The van der Waals surface area contributed by atoms with E-state index in [0.29, 0.717) is 6.42 Å². The molecule has 0 saturated heterocycles. The molecule has 0 aliphatic carbocycles. The van der Waals surface area contributed by atoms with Gasteiger partial charge in [-0.2, -0.15) is 0 Å². The van der Waals surface area contributed by atoms with Gasteiger partial charge in [0.05, 0.1) is 12.0 Å². The second kappa shape index (κ2) is 19.0. The summed E-state index contributed by atoms with van der Waals surface area (Å²) >= 11 is 0. The van der Waals surface area contributed by atoms with Crippen LogP contribution in [0.2, 0.25) is 0 Å². The Labute approximate surface area is 170 Å². The van der Waals surface area contributed by atoms with E-state index in [2.05, 4.69) is 24.4 Å². The molecule has 0 aromatic heterocycles. The van der Waals surface area contributed by atoms with Gasteiger partial charge in [-0.05, 0) is 39.0 Å². The monoisotopic (exact) mass is 347 g/mol. The summed E-state index contributed by atoms with van der Waals surface area (Å²) in [6, 6.07) is -0.906. The second-order valence-corrected chi connectivity index (χ2v) is 6.24. The first kappa shape index (κ1) is 25.9. The van der Waals surface area contributed by atoms with Crippen molar-refractivity contribution in [3.63, 3.8) is 0 Å². The van der Waals surface area contributed by atoms with Crippen molar-refractivity contribution in [2.75, 3.05) is 0 Å². The van der Waals surface area contributed by atoms with Crippen molar-refractivity contribution in [1.82, 2.24) is 5.32 Å². The first-order valence-electron chi connectivity index (χ1n) is 9.23. The summed E-state index contributed by atoms with van der Waals surface area (Å²) in [5.74, 6) is -1.44. The largest absolute Gasteiger partial charge is 1.00 e. The Kier molecular flexibility index (Phi) is 20.5. The van der Waals surface area contributed by atoms with Gasteiger partial charge in [-0.25, -0.2) is 0 Å². The SMILES string of the molecule is CCCCCC/C=C\CCCCCCCC(=O)N[C@@H](C)C(=O)[O-].[Na+]. The average molecular weight is 347 g/mol. The maximum absolute atomic E-state index is 11.4. The van der Waals surface area contributed by atoms with Crippen molar-refractivity contribution in [1.29, 1.82) is 0 Å². The average Bonchev–Trinajstić information content (AvgIpc) is 2.51. The van der Waals surface area contributed by atoms with Gasteiger partial charge in [-0.15, -0.1) is 0 Å². The van der Waals surface area contributed by atoms with Crippen molar-refractivity contribution >= 4 is 11.9 Å². The zero-order valence-corrected chi connectivity index (χ0v) is 17.9. The minimum Gasteiger partial charge on any atom is -0.548 e. The predicted octanol–water partition coefficient (Wildman–Crippen LogP) is 0.502. The Balaban J connectivity index is 0. The zero-order valence-electron chi connectivity index (χ0n) is 15.9. The van der Waals surface area contributed by atoms with Gasteiger partial charge in [0, 0.05) is 6.42 Å². The Hall–Kier alpha value is -0.320. The maximum Gasteiger partial charge on any atom is 1.00 e. The third kappa shape index (κ3) is 18.0. The predicted molar refractivity (Wildman–Crippen MR) is 92.8 cm³/mol. The Morgan fingerprint density at radius 2 is 1.42 bits per heavy atom. The van der Waals surface area contributed by atoms with Gasteiger partial charge in [0.15, 0.2) is 0 Å². The number of carboxylic acid groups (broad SMARTS) is 1. The van der Waals surface area contributed by atoms with Crippen LogP contribution in [0.25, 0.3) is 0 Å². The molecule has 0 fully saturated rings. The van der Waals surface area contributed by atoms with Crippen LogP contribution in [-0.2, 0) is 9.59 Å². The van der Waals surface area contributed by atoms with E-state index in [0.717, 1.165) is 25.7 Å². The molecule has 0 radical (unpaired) electrons. The number of hydrogen-bond acceptors (Lipinski definition) is 3. The molecule has 0 aliphatic heterocycles. The van der Waals surface area contributed by atoms with Crippen LogP contribution >= 0.6 is 0 Å². The normalized spacial score (nSPS) is 11.9. The third-order valence-corrected chi connectivity index (χ3v) is 3.90. The molecule has 4 nitrogen and oxygen atoms in total. The van der Waals surface area contributed by atoms with Gasteiger partial charge in [0.2, 0.25) is 5.91 Å². The molecule has 0 heterocycles. The summed E-state index contributed by atoms with van der Waals surface area (Å²) in [7, 11) is 0. The Bertz CT molecular complexity index is 346. The van der Waals surface area contributed by atoms with Crippen molar-refractivity contribution in [3.05, 3.63) is 12.2 Å². The number of unbranched alkanes of at least 4 members (excludes halogenated alkanes) is 9. The van der Waals surface area contributed by atoms with Gasteiger partial charge in [0.25, 0.3) is 0 Å². The van der Waals surface area contributed by atoms with E-state index in [1.54, 1.807) is 0 Å². The van der Waals surface area contributed by atoms with Gasteiger partial charge in [0.1, 0.15) is 0 Å². The van der Waals surface area contributed by atoms with Crippen molar-refractivity contribution in [2.24, 2.45) is 0 Å². The second-order valence-electron chi connectivity index (χ2n) is 6.24. The molecular weight excluding hydrogens is 313 g/mol. The van der Waals surface area contributed by atoms with Crippen LogP contribution in [0, 0.1) is 0 Å². The molecular formula is C19H34NNaO3. The van der Waals surface area contributed by atoms with Crippen LogP contribution in [-0.4, -0.2) is 17.9 Å². The fourth-order valence-corrected chi connectivity index (χ4v) is 2.38. The summed E-state index contributed by atoms with van der Waals surface area (Å²) in [5, 5.41) is 12.9. The molecule has 0 spiro atoms. The smallest absolute Gasteiger partial charge is 0.548 e. The van der Waals surface area contributed by atoms with Crippen LogP contribution < -0.4 is 40.0 Å². The minimum absolute atomic E-state index is 0. The number of allylic oxidation sites excluding steroid dienone is 2. The van der Waals surface area contributed by atoms with Crippen LogP contribution in [0.4, 0.5) is 0 Å². The molecule has 1 amide bonds. The first-order chi connectivity index (χ1) is 11.1. The minimum atomic E-state index is -1.24. The summed E-state index contributed by atoms with van der Waals surface area (Å²) < 4.78 is 0. The Morgan fingerprint density at radius 3 is 1.96 bits per heavy atom. The van der Waals surface area contributed by atoms with E-state index < -0.39 is 12.0 Å². The quantitative estimate of drug-likeness (QED) is 0.266.